The van der Waals surface area contributed by atoms with Gasteiger partial charge in [0.15, 0.2) is 11.5 Å². The molecule has 0 N–H and O–H groups in total. The first-order valence-electron chi connectivity index (χ1n) is 8.86. The number of alkyl halides is 3. The fraction of sp³-hybridized carbons (Fsp3) is 0.381. The maximum atomic E-state index is 13.0. The molecule has 0 bridgehead atoms. The summed E-state index contributed by atoms with van der Waals surface area (Å²) in [5.74, 6) is 0.718. The summed E-state index contributed by atoms with van der Waals surface area (Å²) in [6, 6.07) is 11.4. The van der Waals surface area contributed by atoms with E-state index in [9.17, 15) is 13.2 Å². The molecule has 2 aromatic carbocycles. The number of halogens is 3. The molecule has 0 aromatic heterocycles. The van der Waals surface area contributed by atoms with Crippen LogP contribution in [0.1, 0.15) is 52.7 Å². The summed E-state index contributed by atoms with van der Waals surface area (Å²) in [4.78, 5) is 0. The van der Waals surface area contributed by atoms with Crippen LogP contribution in [0.15, 0.2) is 42.5 Å². The second-order valence-electron chi connectivity index (χ2n) is 5.03. The van der Waals surface area contributed by atoms with Gasteiger partial charge in [-0.2, -0.15) is 18.4 Å². The van der Waals surface area contributed by atoms with Crippen molar-refractivity contribution in [3.05, 3.63) is 53.6 Å². The normalized spacial score (nSPS) is 9.96. The van der Waals surface area contributed by atoms with E-state index in [4.69, 9.17) is 14.7 Å². The zero-order chi connectivity index (χ0) is 21.0. The Balaban J connectivity index is 0.00000158. The lowest BCUT2D eigenvalue weighted by atomic mass is 10.1. The van der Waals surface area contributed by atoms with Crippen molar-refractivity contribution in [3.8, 4) is 23.3 Å². The Kier molecular flexibility index (Phi) is 10.7. The molecular weight excluding hydrogens is 355 g/mol. The zero-order valence-electron chi connectivity index (χ0n) is 16.5. The molecule has 0 saturated heterocycles. The lowest BCUT2D eigenvalue weighted by molar-refractivity contribution is -0.137. The number of hydrogen-bond acceptors (Lipinski definition) is 3. The number of nitrogens with zero attached hydrogens (tertiary/aromatic N) is 1. The topological polar surface area (TPSA) is 42.2 Å². The molecule has 2 aromatic rings. The second kappa shape index (κ2) is 11.8. The predicted molar refractivity (Wildman–Crippen MR) is 101 cm³/mol. The maximum absolute atomic E-state index is 13.0. The monoisotopic (exact) mass is 381 g/mol. The molecule has 0 atom stereocenters. The van der Waals surface area contributed by atoms with Crippen LogP contribution in [0.5, 0.6) is 17.2 Å². The van der Waals surface area contributed by atoms with Crippen molar-refractivity contribution in [1.82, 2.24) is 0 Å². The minimum absolute atomic E-state index is 0.0175. The number of hydrogen-bond donors (Lipinski definition) is 0. The van der Waals surface area contributed by atoms with Crippen molar-refractivity contribution < 1.29 is 22.6 Å². The van der Waals surface area contributed by atoms with Crippen molar-refractivity contribution in [2.24, 2.45) is 0 Å². The molecule has 0 radical (unpaired) electrons. The molecule has 0 heterocycles. The largest absolute Gasteiger partial charge is 0.487 e. The highest BCUT2D eigenvalue weighted by molar-refractivity contribution is 5.47. The Labute approximate surface area is 159 Å². The minimum atomic E-state index is -4.63. The van der Waals surface area contributed by atoms with Crippen molar-refractivity contribution in [2.75, 3.05) is 0 Å². The van der Waals surface area contributed by atoms with Crippen LogP contribution in [-0.4, -0.2) is 6.10 Å². The van der Waals surface area contributed by atoms with Crippen molar-refractivity contribution >= 4 is 0 Å². The summed E-state index contributed by atoms with van der Waals surface area (Å²) >= 11 is 0. The average molecular weight is 381 g/mol. The molecule has 148 valence electrons. The lowest BCUT2D eigenvalue weighted by Crippen LogP contribution is -2.08. The second-order valence-corrected chi connectivity index (χ2v) is 5.03. The third-order valence-corrected chi connectivity index (χ3v) is 2.86. The van der Waals surface area contributed by atoms with Crippen LogP contribution < -0.4 is 9.47 Å². The quantitative estimate of drug-likeness (QED) is 0.562. The van der Waals surface area contributed by atoms with Gasteiger partial charge in [-0.25, -0.2) is 0 Å². The van der Waals surface area contributed by atoms with E-state index in [1.165, 1.54) is 12.1 Å². The first kappa shape index (κ1) is 24.3. The van der Waals surface area contributed by atoms with Gasteiger partial charge in [0.05, 0.1) is 23.3 Å². The van der Waals surface area contributed by atoms with Gasteiger partial charge in [0, 0.05) is 0 Å². The molecule has 0 aliphatic carbocycles. The van der Waals surface area contributed by atoms with E-state index in [1.54, 1.807) is 24.3 Å². The Hall–Kier alpha value is -2.68. The van der Waals surface area contributed by atoms with Crippen LogP contribution in [0, 0.1) is 11.3 Å². The molecule has 2 rings (SSSR count). The molecule has 6 heteroatoms. The van der Waals surface area contributed by atoms with Crippen molar-refractivity contribution in [2.45, 2.75) is 53.8 Å². The molecular formula is C21H26F3NO2. The fourth-order valence-corrected chi connectivity index (χ4v) is 1.93. The summed E-state index contributed by atoms with van der Waals surface area (Å²) < 4.78 is 50.0. The van der Waals surface area contributed by atoms with E-state index >= 15 is 0 Å². The van der Waals surface area contributed by atoms with Crippen LogP contribution in [0.2, 0.25) is 0 Å². The van der Waals surface area contributed by atoms with Crippen LogP contribution in [-0.2, 0) is 6.18 Å². The van der Waals surface area contributed by atoms with Gasteiger partial charge in [0.25, 0.3) is 0 Å². The van der Waals surface area contributed by atoms with Crippen LogP contribution in [0.25, 0.3) is 0 Å². The predicted octanol–water partition coefficient (Wildman–Crippen LogP) is 7.21. The van der Waals surface area contributed by atoms with E-state index in [0.29, 0.717) is 11.5 Å². The summed E-state index contributed by atoms with van der Waals surface area (Å²) in [6.45, 7) is 11.7. The molecule has 0 unspecified atom stereocenters. The maximum Gasteiger partial charge on any atom is 0.417 e. The number of rotatable bonds is 4. The average Bonchev–Trinajstić information content (AvgIpc) is 2.65. The molecule has 3 nitrogen and oxygen atoms in total. The van der Waals surface area contributed by atoms with Gasteiger partial charge in [0.1, 0.15) is 5.75 Å². The highest BCUT2D eigenvalue weighted by atomic mass is 19.4. The molecule has 27 heavy (non-hydrogen) atoms. The third kappa shape index (κ3) is 7.61. The fourth-order valence-electron chi connectivity index (χ4n) is 1.93. The summed E-state index contributed by atoms with van der Waals surface area (Å²) in [5.41, 5.74) is -1.48. The van der Waals surface area contributed by atoms with Gasteiger partial charge in [-0.15, -0.1) is 0 Å². The Morgan fingerprint density at radius 3 is 1.96 bits per heavy atom. The first-order valence-corrected chi connectivity index (χ1v) is 8.86. The molecule has 0 aliphatic heterocycles. The van der Waals surface area contributed by atoms with Gasteiger partial charge in [-0.3, -0.25) is 0 Å². The summed E-state index contributed by atoms with van der Waals surface area (Å²) in [6.07, 6.45) is -4.73. The molecule has 0 spiro atoms. The third-order valence-electron chi connectivity index (χ3n) is 2.86. The van der Waals surface area contributed by atoms with Gasteiger partial charge in [-0.05, 0) is 44.2 Å². The molecule has 0 saturated carbocycles. The Bertz CT molecular complexity index is 735. The van der Waals surface area contributed by atoms with Gasteiger partial charge in [-0.1, -0.05) is 39.8 Å². The summed E-state index contributed by atoms with van der Waals surface area (Å²) in [5, 5.41) is 8.79. The minimum Gasteiger partial charge on any atom is -0.487 e. The van der Waals surface area contributed by atoms with E-state index in [2.05, 4.69) is 0 Å². The van der Waals surface area contributed by atoms with Gasteiger partial charge >= 0.3 is 6.18 Å². The number of ether oxygens (including phenoxy) is 2. The van der Waals surface area contributed by atoms with E-state index in [0.717, 1.165) is 12.1 Å². The SMILES string of the molecule is CC.CC.CC(C)Oc1ccccc1Oc1ccc(C#N)c(C(F)(F)F)c1. The molecule has 0 fully saturated rings. The smallest absolute Gasteiger partial charge is 0.417 e. The zero-order valence-corrected chi connectivity index (χ0v) is 16.5. The van der Waals surface area contributed by atoms with Crippen LogP contribution in [0.4, 0.5) is 13.2 Å². The first-order chi connectivity index (χ1) is 12.8. The van der Waals surface area contributed by atoms with Crippen LogP contribution >= 0.6 is 0 Å². The van der Waals surface area contributed by atoms with Crippen molar-refractivity contribution in [1.29, 1.82) is 5.26 Å². The van der Waals surface area contributed by atoms with E-state index in [-0.39, 0.29) is 11.9 Å². The highest BCUT2D eigenvalue weighted by Gasteiger charge is 2.34. The molecule has 0 aliphatic rings. The van der Waals surface area contributed by atoms with E-state index < -0.39 is 17.3 Å². The number of para-hydroxylation sites is 2. The number of nitriles is 1. The standard InChI is InChI=1S/C17H14F3NO2.2C2H6/c1-11(2)22-15-5-3-4-6-16(15)23-13-8-7-12(10-21)14(9-13)17(18,19)20;2*1-2/h3-9,11H,1-2H3;2*1-2H3. The van der Waals surface area contributed by atoms with Gasteiger partial charge < -0.3 is 9.47 Å². The van der Waals surface area contributed by atoms with Crippen molar-refractivity contribution in [3.63, 3.8) is 0 Å². The van der Waals surface area contributed by atoms with Crippen LogP contribution in [0.3, 0.4) is 0 Å². The Morgan fingerprint density at radius 2 is 1.48 bits per heavy atom. The Morgan fingerprint density at radius 1 is 0.926 bits per heavy atom. The molecule has 0 amide bonds. The van der Waals surface area contributed by atoms with E-state index in [1.807, 2.05) is 41.5 Å². The summed E-state index contributed by atoms with van der Waals surface area (Å²) in [7, 11) is 0. The highest BCUT2D eigenvalue weighted by Crippen LogP contribution is 2.37. The lowest BCUT2D eigenvalue weighted by Gasteiger charge is -2.15. The number of benzene rings is 2. The van der Waals surface area contributed by atoms with Gasteiger partial charge in [0.2, 0.25) is 0 Å².